The van der Waals surface area contributed by atoms with Crippen molar-refractivity contribution in [3.63, 3.8) is 0 Å². The molecule has 0 aliphatic rings. The van der Waals surface area contributed by atoms with Gasteiger partial charge in [0.1, 0.15) is 12.4 Å². The molecule has 218 valence electrons. The number of aromatic nitrogens is 2. The molecule has 2 aromatic heterocycles. The van der Waals surface area contributed by atoms with Crippen LogP contribution >= 0.6 is 0 Å². The summed E-state index contributed by atoms with van der Waals surface area (Å²) in [5.74, 6) is 0.277. The molecular weight excluding hydrogens is 514 g/mol. The van der Waals surface area contributed by atoms with E-state index in [1.165, 1.54) is 0 Å². The molecule has 0 aliphatic carbocycles. The van der Waals surface area contributed by atoms with E-state index in [1.54, 1.807) is 0 Å². The van der Waals surface area contributed by atoms with Crippen LogP contribution in [0.5, 0.6) is 11.6 Å². The normalized spacial score (nSPS) is 11.3. The number of esters is 1. The second-order valence-corrected chi connectivity index (χ2v) is 10.6. The molecule has 2 aromatic carbocycles. The summed E-state index contributed by atoms with van der Waals surface area (Å²) in [5, 5.41) is 1.14. The van der Waals surface area contributed by atoms with E-state index in [2.05, 4.69) is 69.0 Å². The standard InChI is InChI=1S/C34H43N3O4/c1-6-9-18-39-32-28(8-3)31(26-17-16-25-20-27(22-37(4)5)35-29(25)21-26)36-33(40-19-10-7-2)30(32)34(38)41-23-24-14-12-11-13-15-24/h11-17,20-21,35H,6-10,18-19,22-23H2,1-5H3. The Labute approximate surface area is 243 Å². The Morgan fingerprint density at radius 2 is 1.66 bits per heavy atom. The highest BCUT2D eigenvalue weighted by Crippen LogP contribution is 2.39. The predicted octanol–water partition coefficient (Wildman–Crippen LogP) is 7.57. The summed E-state index contributed by atoms with van der Waals surface area (Å²) in [6.45, 7) is 8.21. The van der Waals surface area contributed by atoms with Gasteiger partial charge >= 0.3 is 5.97 Å². The number of H-pyrrole nitrogens is 1. The van der Waals surface area contributed by atoms with Crippen LogP contribution in [0.4, 0.5) is 0 Å². The van der Waals surface area contributed by atoms with Gasteiger partial charge in [0.2, 0.25) is 5.88 Å². The first-order valence-corrected chi connectivity index (χ1v) is 14.7. The average molecular weight is 558 g/mol. The molecular formula is C34H43N3O4. The zero-order valence-corrected chi connectivity index (χ0v) is 25.1. The molecule has 0 saturated carbocycles. The number of hydrogen-bond acceptors (Lipinski definition) is 6. The number of nitrogens with one attached hydrogen (secondary N) is 1. The van der Waals surface area contributed by atoms with E-state index < -0.39 is 5.97 Å². The van der Waals surface area contributed by atoms with Crippen molar-refractivity contribution in [3.05, 3.63) is 77.0 Å². The summed E-state index contributed by atoms with van der Waals surface area (Å²) < 4.78 is 18.4. The van der Waals surface area contributed by atoms with Gasteiger partial charge in [0.25, 0.3) is 0 Å². The molecule has 0 spiro atoms. The highest BCUT2D eigenvalue weighted by atomic mass is 16.5. The van der Waals surface area contributed by atoms with Crippen molar-refractivity contribution in [2.75, 3.05) is 27.3 Å². The molecule has 4 rings (SSSR count). The third-order valence-corrected chi connectivity index (χ3v) is 6.90. The number of pyridine rings is 1. The van der Waals surface area contributed by atoms with Gasteiger partial charge in [0, 0.05) is 28.9 Å². The number of aromatic amines is 1. The lowest BCUT2D eigenvalue weighted by Crippen LogP contribution is -2.16. The van der Waals surface area contributed by atoms with E-state index >= 15 is 0 Å². The van der Waals surface area contributed by atoms with Crippen LogP contribution in [0, 0.1) is 0 Å². The Bertz CT molecular complexity index is 1430. The van der Waals surface area contributed by atoms with Gasteiger partial charge < -0.3 is 24.1 Å². The SMILES string of the molecule is CCCCOc1nc(-c2ccc3cc(CN(C)C)[nH]c3c2)c(CC)c(OCCCC)c1C(=O)OCc1ccccc1. The number of nitrogens with zero attached hydrogens (tertiary/aromatic N) is 2. The zero-order chi connectivity index (χ0) is 29.2. The van der Waals surface area contributed by atoms with Crippen LogP contribution in [-0.4, -0.2) is 48.1 Å². The van der Waals surface area contributed by atoms with Crippen molar-refractivity contribution < 1.29 is 19.0 Å². The van der Waals surface area contributed by atoms with E-state index in [0.29, 0.717) is 25.4 Å². The summed E-state index contributed by atoms with van der Waals surface area (Å²) in [7, 11) is 4.11. The topological polar surface area (TPSA) is 76.7 Å². The molecule has 0 unspecified atom stereocenters. The molecule has 0 saturated heterocycles. The average Bonchev–Trinajstić information content (AvgIpc) is 3.37. The number of carbonyl (C=O) groups excluding carboxylic acids is 1. The van der Waals surface area contributed by atoms with Gasteiger partial charge in [-0.25, -0.2) is 9.78 Å². The Morgan fingerprint density at radius 3 is 2.34 bits per heavy atom. The minimum absolute atomic E-state index is 0.157. The number of hydrogen-bond donors (Lipinski definition) is 1. The molecule has 41 heavy (non-hydrogen) atoms. The van der Waals surface area contributed by atoms with Gasteiger partial charge in [0.15, 0.2) is 5.56 Å². The summed E-state index contributed by atoms with van der Waals surface area (Å²) in [5.41, 5.74) is 5.94. The monoisotopic (exact) mass is 557 g/mol. The van der Waals surface area contributed by atoms with Crippen molar-refractivity contribution in [2.45, 2.75) is 66.0 Å². The van der Waals surface area contributed by atoms with Gasteiger partial charge in [0.05, 0.1) is 18.9 Å². The molecule has 4 aromatic rings. The van der Waals surface area contributed by atoms with E-state index in [0.717, 1.165) is 71.2 Å². The number of carbonyl (C=O) groups is 1. The molecule has 7 heteroatoms. The number of benzene rings is 2. The lowest BCUT2D eigenvalue weighted by molar-refractivity contribution is 0.0461. The van der Waals surface area contributed by atoms with Gasteiger partial charge in [-0.3, -0.25) is 0 Å². The van der Waals surface area contributed by atoms with Crippen LogP contribution in [0.2, 0.25) is 0 Å². The molecule has 0 aliphatic heterocycles. The van der Waals surface area contributed by atoms with Crippen LogP contribution in [0.15, 0.2) is 54.6 Å². The Balaban J connectivity index is 1.82. The summed E-state index contributed by atoms with van der Waals surface area (Å²) in [6.07, 6.45) is 4.29. The Kier molecular flexibility index (Phi) is 10.8. The third-order valence-electron chi connectivity index (χ3n) is 6.90. The first kappa shape index (κ1) is 30.1. The third kappa shape index (κ3) is 7.67. The van der Waals surface area contributed by atoms with E-state index in [-0.39, 0.29) is 18.1 Å². The molecule has 1 N–H and O–H groups in total. The summed E-state index contributed by atoms with van der Waals surface area (Å²) in [4.78, 5) is 24.3. The van der Waals surface area contributed by atoms with E-state index in [4.69, 9.17) is 19.2 Å². The Morgan fingerprint density at radius 1 is 0.927 bits per heavy atom. The Hall–Kier alpha value is -3.84. The van der Waals surface area contributed by atoms with Gasteiger partial charge in [-0.05, 0) is 56.4 Å². The molecule has 0 amide bonds. The highest BCUT2D eigenvalue weighted by Gasteiger charge is 2.28. The zero-order valence-electron chi connectivity index (χ0n) is 25.1. The van der Waals surface area contributed by atoms with Crippen molar-refractivity contribution in [2.24, 2.45) is 0 Å². The quantitative estimate of drug-likeness (QED) is 0.120. The number of rotatable bonds is 15. The summed E-state index contributed by atoms with van der Waals surface area (Å²) >= 11 is 0. The van der Waals surface area contributed by atoms with Gasteiger partial charge in [-0.15, -0.1) is 0 Å². The van der Waals surface area contributed by atoms with Crippen molar-refractivity contribution >= 4 is 16.9 Å². The predicted molar refractivity (Wildman–Crippen MR) is 165 cm³/mol. The van der Waals surface area contributed by atoms with Crippen molar-refractivity contribution in [3.8, 4) is 22.9 Å². The summed E-state index contributed by atoms with van der Waals surface area (Å²) in [6, 6.07) is 18.2. The maximum Gasteiger partial charge on any atom is 0.347 e. The lowest BCUT2D eigenvalue weighted by atomic mass is 9.99. The number of ether oxygens (including phenoxy) is 3. The number of fused-ring (bicyclic) bond motifs is 1. The van der Waals surface area contributed by atoms with Crippen LogP contribution < -0.4 is 9.47 Å². The second-order valence-electron chi connectivity index (χ2n) is 10.6. The highest BCUT2D eigenvalue weighted by molar-refractivity contribution is 5.97. The lowest BCUT2D eigenvalue weighted by Gasteiger charge is -2.21. The maximum absolute atomic E-state index is 13.7. The molecule has 0 atom stereocenters. The van der Waals surface area contributed by atoms with E-state index in [9.17, 15) is 4.79 Å². The molecule has 0 fully saturated rings. The van der Waals surface area contributed by atoms with Crippen LogP contribution in [0.1, 0.15) is 73.6 Å². The number of unbranched alkanes of at least 4 members (excludes halogenated alkanes) is 2. The molecule has 7 nitrogen and oxygen atoms in total. The minimum atomic E-state index is -0.492. The minimum Gasteiger partial charge on any atom is -0.492 e. The first-order valence-electron chi connectivity index (χ1n) is 14.7. The fourth-order valence-corrected chi connectivity index (χ4v) is 4.78. The van der Waals surface area contributed by atoms with Crippen molar-refractivity contribution in [1.29, 1.82) is 0 Å². The van der Waals surface area contributed by atoms with Gasteiger partial charge in [-0.1, -0.05) is 76.1 Å². The maximum atomic E-state index is 13.7. The van der Waals surface area contributed by atoms with Crippen LogP contribution in [0.3, 0.4) is 0 Å². The smallest absolute Gasteiger partial charge is 0.347 e. The van der Waals surface area contributed by atoms with Gasteiger partial charge in [-0.2, -0.15) is 0 Å². The molecule has 0 bridgehead atoms. The second kappa shape index (κ2) is 14.7. The molecule has 2 heterocycles. The van der Waals surface area contributed by atoms with E-state index in [1.807, 2.05) is 30.3 Å². The van der Waals surface area contributed by atoms with Crippen LogP contribution in [0.25, 0.3) is 22.2 Å². The fourth-order valence-electron chi connectivity index (χ4n) is 4.78. The fraction of sp³-hybridized carbons (Fsp3) is 0.412. The largest absolute Gasteiger partial charge is 0.492 e. The van der Waals surface area contributed by atoms with Crippen LogP contribution in [-0.2, 0) is 24.3 Å². The first-order chi connectivity index (χ1) is 19.9. The molecule has 0 radical (unpaired) electrons. The van der Waals surface area contributed by atoms with Crippen molar-refractivity contribution in [1.82, 2.24) is 14.9 Å².